The molecule has 0 fully saturated rings. The van der Waals surface area contributed by atoms with Crippen molar-refractivity contribution in [2.45, 2.75) is 34.1 Å². The Kier molecular flexibility index (Phi) is 4.75. The van der Waals surface area contributed by atoms with Gasteiger partial charge in [0, 0.05) is 16.6 Å². The molecule has 1 amide bonds. The van der Waals surface area contributed by atoms with E-state index in [1.807, 2.05) is 24.3 Å². The molecule has 94 valence electrons. The SMILES string of the molecule is CC(CC(=O)Nc1ccc(Br)cc1)C(C)(C)C. The van der Waals surface area contributed by atoms with Crippen molar-refractivity contribution in [1.82, 2.24) is 0 Å². The molecule has 0 radical (unpaired) electrons. The fraction of sp³-hybridized carbons (Fsp3) is 0.500. The Labute approximate surface area is 112 Å². The van der Waals surface area contributed by atoms with E-state index in [0.29, 0.717) is 12.3 Å². The van der Waals surface area contributed by atoms with E-state index < -0.39 is 0 Å². The monoisotopic (exact) mass is 297 g/mol. The van der Waals surface area contributed by atoms with Gasteiger partial charge >= 0.3 is 0 Å². The third kappa shape index (κ3) is 4.90. The summed E-state index contributed by atoms with van der Waals surface area (Å²) < 4.78 is 1.01. The summed E-state index contributed by atoms with van der Waals surface area (Å²) >= 11 is 3.37. The first-order valence-corrected chi connectivity index (χ1v) is 6.64. The molecule has 0 heterocycles. The zero-order valence-electron chi connectivity index (χ0n) is 10.9. The molecular weight excluding hydrogens is 278 g/mol. The molecule has 1 atom stereocenters. The number of rotatable bonds is 3. The molecule has 0 aliphatic carbocycles. The van der Waals surface area contributed by atoms with Gasteiger partial charge in [0.25, 0.3) is 0 Å². The second-order valence-electron chi connectivity index (χ2n) is 5.53. The van der Waals surface area contributed by atoms with Crippen LogP contribution in [0.25, 0.3) is 0 Å². The van der Waals surface area contributed by atoms with Crippen molar-refractivity contribution in [3.8, 4) is 0 Å². The number of amides is 1. The van der Waals surface area contributed by atoms with Crippen molar-refractivity contribution in [2.24, 2.45) is 11.3 Å². The topological polar surface area (TPSA) is 29.1 Å². The van der Waals surface area contributed by atoms with E-state index >= 15 is 0 Å². The molecule has 0 bridgehead atoms. The maximum atomic E-state index is 11.8. The number of hydrogen-bond acceptors (Lipinski definition) is 1. The van der Waals surface area contributed by atoms with Gasteiger partial charge in [0.15, 0.2) is 0 Å². The third-order valence-electron chi connectivity index (χ3n) is 3.10. The second kappa shape index (κ2) is 5.67. The zero-order valence-corrected chi connectivity index (χ0v) is 12.5. The van der Waals surface area contributed by atoms with Gasteiger partial charge in [0.2, 0.25) is 5.91 Å². The summed E-state index contributed by atoms with van der Waals surface area (Å²) in [5, 5.41) is 2.91. The summed E-state index contributed by atoms with van der Waals surface area (Å²) in [7, 11) is 0. The summed E-state index contributed by atoms with van der Waals surface area (Å²) in [6, 6.07) is 7.62. The lowest BCUT2D eigenvalue weighted by molar-refractivity contribution is -0.117. The van der Waals surface area contributed by atoms with E-state index in [-0.39, 0.29) is 11.3 Å². The van der Waals surface area contributed by atoms with Gasteiger partial charge in [-0.15, -0.1) is 0 Å². The maximum Gasteiger partial charge on any atom is 0.224 e. The molecule has 0 aliphatic rings. The van der Waals surface area contributed by atoms with E-state index in [2.05, 4.69) is 48.9 Å². The molecule has 1 rings (SSSR count). The first-order chi connectivity index (χ1) is 7.79. The minimum atomic E-state index is 0.0785. The molecule has 17 heavy (non-hydrogen) atoms. The van der Waals surface area contributed by atoms with Gasteiger partial charge in [-0.1, -0.05) is 43.6 Å². The molecule has 2 nitrogen and oxygen atoms in total. The number of nitrogens with one attached hydrogen (secondary N) is 1. The van der Waals surface area contributed by atoms with Crippen LogP contribution in [0.15, 0.2) is 28.7 Å². The Morgan fingerprint density at radius 1 is 1.29 bits per heavy atom. The molecule has 1 N–H and O–H groups in total. The number of halogens is 1. The van der Waals surface area contributed by atoms with Crippen LogP contribution in [0.1, 0.15) is 34.1 Å². The van der Waals surface area contributed by atoms with E-state index in [4.69, 9.17) is 0 Å². The largest absolute Gasteiger partial charge is 0.326 e. The first-order valence-electron chi connectivity index (χ1n) is 5.84. The van der Waals surface area contributed by atoms with Crippen LogP contribution in [-0.2, 0) is 4.79 Å². The normalized spacial score (nSPS) is 13.2. The van der Waals surface area contributed by atoms with Crippen molar-refractivity contribution in [1.29, 1.82) is 0 Å². The number of benzene rings is 1. The van der Waals surface area contributed by atoms with Crippen molar-refractivity contribution in [2.75, 3.05) is 5.32 Å². The van der Waals surface area contributed by atoms with Gasteiger partial charge in [-0.3, -0.25) is 4.79 Å². The van der Waals surface area contributed by atoms with Crippen LogP contribution in [0.2, 0.25) is 0 Å². The Hall–Kier alpha value is -0.830. The van der Waals surface area contributed by atoms with Crippen LogP contribution in [0.3, 0.4) is 0 Å². The van der Waals surface area contributed by atoms with Crippen LogP contribution < -0.4 is 5.32 Å². The zero-order chi connectivity index (χ0) is 13.1. The first kappa shape index (κ1) is 14.2. The summed E-state index contributed by atoms with van der Waals surface area (Å²) in [6.07, 6.45) is 0.555. The van der Waals surface area contributed by atoms with Crippen molar-refractivity contribution in [3.63, 3.8) is 0 Å². The molecule has 0 spiro atoms. The number of hydrogen-bond donors (Lipinski definition) is 1. The van der Waals surface area contributed by atoms with Gasteiger partial charge in [-0.05, 0) is 35.6 Å². The molecule has 0 aliphatic heterocycles. The summed E-state index contributed by atoms with van der Waals surface area (Å²) in [5.41, 5.74) is 1.01. The van der Waals surface area contributed by atoms with Crippen LogP contribution >= 0.6 is 15.9 Å². The van der Waals surface area contributed by atoms with Gasteiger partial charge in [-0.25, -0.2) is 0 Å². The average Bonchev–Trinajstić information content (AvgIpc) is 2.20. The van der Waals surface area contributed by atoms with Gasteiger partial charge in [0.1, 0.15) is 0 Å². The Morgan fingerprint density at radius 2 is 1.82 bits per heavy atom. The third-order valence-corrected chi connectivity index (χ3v) is 3.63. The molecule has 0 saturated carbocycles. The van der Waals surface area contributed by atoms with Crippen molar-refractivity contribution < 1.29 is 4.79 Å². The quantitative estimate of drug-likeness (QED) is 0.877. The maximum absolute atomic E-state index is 11.8. The van der Waals surface area contributed by atoms with Gasteiger partial charge < -0.3 is 5.32 Å². The highest BCUT2D eigenvalue weighted by Crippen LogP contribution is 2.28. The number of anilines is 1. The fourth-order valence-corrected chi connectivity index (χ4v) is 1.59. The fourth-order valence-electron chi connectivity index (χ4n) is 1.33. The number of carbonyl (C=O) groups excluding carboxylic acids is 1. The van der Waals surface area contributed by atoms with E-state index in [0.717, 1.165) is 10.2 Å². The molecule has 1 aromatic rings. The lowest BCUT2D eigenvalue weighted by Crippen LogP contribution is -2.23. The van der Waals surface area contributed by atoms with Crippen LogP contribution in [0, 0.1) is 11.3 Å². The van der Waals surface area contributed by atoms with Gasteiger partial charge in [-0.2, -0.15) is 0 Å². The van der Waals surface area contributed by atoms with Crippen LogP contribution in [-0.4, -0.2) is 5.91 Å². The minimum absolute atomic E-state index is 0.0785. The molecular formula is C14H20BrNO. The Balaban J connectivity index is 2.53. The minimum Gasteiger partial charge on any atom is -0.326 e. The predicted molar refractivity (Wildman–Crippen MR) is 76.0 cm³/mol. The summed E-state index contributed by atoms with van der Waals surface area (Å²) in [4.78, 5) is 11.8. The van der Waals surface area contributed by atoms with Crippen LogP contribution in [0.5, 0.6) is 0 Å². The van der Waals surface area contributed by atoms with Crippen molar-refractivity contribution in [3.05, 3.63) is 28.7 Å². The number of carbonyl (C=O) groups is 1. The standard InChI is InChI=1S/C14H20BrNO/c1-10(14(2,3)4)9-13(17)16-12-7-5-11(15)6-8-12/h5-8,10H,9H2,1-4H3,(H,16,17). The van der Waals surface area contributed by atoms with E-state index in [9.17, 15) is 4.79 Å². The molecule has 1 unspecified atom stereocenters. The lowest BCUT2D eigenvalue weighted by atomic mass is 9.80. The average molecular weight is 298 g/mol. The highest BCUT2D eigenvalue weighted by molar-refractivity contribution is 9.10. The van der Waals surface area contributed by atoms with E-state index in [1.165, 1.54) is 0 Å². The predicted octanol–water partition coefficient (Wildman–Crippen LogP) is 4.46. The summed E-state index contributed by atoms with van der Waals surface area (Å²) in [5.74, 6) is 0.438. The second-order valence-corrected chi connectivity index (χ2v) is 6.44. The lowest BCUT2D eigenvalue weighted by Gasteiger charge is -2.26. The molecule has 3 heteroatoms. The smallest absolute Gasteiger partial charge is 0.224 e. The summed E-state index contributed by atoms with van der Waals surface area (Å²) in [6.45, 7) is 8.58. The van der Waals surface area contributed by atoms with Gasteiger partial charge in [0.05, 0.1) is 0 Å². The Bertz CT molecular complexity index is 378. The molecule has 0 aromatic heterocycles. The van der Waals surface area contributed by atoms with Crippen molar-refractivity contribution >= 4 is 27.5 Å². The van der Waals surface area contributed by atoms with E-state index in [1.54, 1.807) is 0 Å². The van der Waals surface area contributed by atoms with Crippen LogP contribution in [0.4, 0.5) is 5.69 Å². The molecule has 0 saturated heterocycles. The highest BCUT2D eigenvalue weighted by atomic mass is 79.9. The Morgan fingerprint density at radius 3 is 2.29 bits per heavy atom. The highest BCUT2D eigenvalue weighted by Gasteiger charge is 2.22. The molecule has 1 aromatic carbocycles.